The molecule has 8 nitrogen and oxygen atoms in total. The van der Waals surface area contributed by atoms with Crippen molar-refractivity contribution in [3.63, 3.8) is 0 Å². The fourth-order valence-corrected chi connectivity index (χ4v) is 5.63. The molecule has 5 rings (SSSR count). The number of amides is 1. The van der Waals surface area contributed by atoms with E-state index in [1.165, 1.54) is 0 Å². The molecular formula is C26H35NO7. The van der Waals surface area contributed by atoms with Gasteiger partial charge < -0.3 is 33.3 Å². The minimum Gasteiger partial charge on any atom is -0.368 e. The zero-order valence-corrected chi connectivity index (χ0v) is 20.8. The highest BCUT2D eigenvalue weighted by Gasteiger charge is 2.59. The van der Waals surface area contributed by atoms with Crippen molar-refractivity contribution >= 4 is 11.6 Å². The number of anilines is 1. The Morgan fingerprint density at radius 3 is 2.53 bits per heavy atom. The van der Waals surface area contributed by atoms with Gasteiger partial charge in [0.25, 0.3) is 0 Å². The molecule has 3 fully saturated rings. The lowest BCUT2D eigenvalue weighted by molar-refractivity contribution is -0.235. The van der Waals surface area contributed by atoms with Crippen LogP contribution in [0.25, 0.3) is 0 Å². The zero-order valence-electron chi connectivity index (χ0n) is 20.8. The van der Waals surface area contributed by atoms with Crippen LogP contribution in [0.2, 0.25) is 0 Å². The maximum Gasteiger partial charge on any atom is 0.237 e. The number of fused-ring (bicyclic) bond motifs is 2. The second-order valence-corrected chi connectivity index (χ2v) is 10.9. The van der Waals surface area contributed by atoms with Crippen LogP contribution < -0.4 is 4.90 Å². The molecule has 2 unspecified atom stereocenters. The van der Waals surface area contributed by atoms with Crippen LogP contribution in [0.15, 0.2) is 36.4 Å². The van der Waals surface area contributed by atoms with Crippen molar-refractivity contribution in [3.05, 3.63) is 42.0 Å². The van der Waals surface area contributed by atoms with Crippen molar-refractivity contribution in [1.29, 1.82) is 0 Å². The highest BCUT2D eigenvalue weighted by molar-refractivity contribution is 6.07. The lowest BCUT2D eigenvalue weighted by Crippen LogP contribution is -2.44. The molecular weight excluding hydrogens is 438 g/mol. The van der Waals surface area contributed by atoms with Crippen molar-refractivity contribution in [2.45, 2.75) is 88.7 Å². The van der Waals surface area contributed by atoms with Gasteiger partial charge in [0.05, 0.1) is 18.6 Å². The van der Waals surface area contributed by atoms with E-state index in [9.17, 15) is 4.79 Å². The van der Waals surface area contributed by atoms with E-state index in [2.05, 4.69) is 6.58 Å². The first-order valence-electron chi connectivity index (χ1n) is 11.9. The average Bonchev–Trinajstić information content (AvgIpc) is 3.43. The maximum atomic E-state index is 13.1. The number of ether oxygens (including phenoxy) is 6. The smallest absolute Gasteiger partial charge is 0.237 e. The predicted octanol–water partition coefficient (Wildman–Crippen LogP) is 3.28. The van der Waals surface area contributed by atoms with Gasteiger partial charge in [-0.05, 0) is 52.7 Å². The van der Waals surface area contributed by atoms with Crippen LogP contribution in [0.1, 0.15) is 46.6 Å². The van der Waals surface area contributed by atoms with Gasteiger partial charge in [-0.1, -0.05) is 30.4 Å². The number of hydrogen-bond acceptors (Lipinski definition) is 7. The molecule has 0 spiro atoms. The topological polar surface area (TPSA) is 75.7 Å². The summed E-state index contributed by atoms with van der Waals surface area (Å²) in [5.41, 5.74) is 2.10. The van der Waals surface area contributed by atoms with Crippen LogP contribution in [0.5, 0.6) is 0 Å². The Hall–Kier alpha value is -1.81. The van der Waals surface area contributed by atoms with Gasteiger partial charge in [0, 0.05) is 12.7 Å². The highest BCUT2D eigenvalue weighted by Crippen LogP contribution is 2.45. The SMILES string of the molecule is C=C(CO[C@H]1[C@@H]2OC(C)(C)O[C@@H]2O[C@H]1C1COC(C)(C)O1)CC1(C)C(=O)N(C)c2ccccc21. The van der Waals surface area contributed by atoms with Gasteiger partial charge >= 0.3 is 0 Å². The molecule has 0 bridgehead atoms. The predicted molar refractivity (Wildman–Crippen MR) is 124 cm³/mol. The third-order valence-corrected chi connectivity index (χ3v) is 7.14. The van der Waals surface area contributed by atoms with Crippen molar-refractivity contribution < 1.29 is 33.2 Å². The molecule has 3 saturated heterocycles. The van der Waals surface area contributed by atoms with Crippen molar-refractivity contribution in [1.82, 2.24) is 0 Å². The maximum absolute atomic E-state index is 13.1. The molecule has 0 N–H and O–H groups in total. The van der Waals surface area contributed by atoms with E-state index in [4.69, 9.17) is 28.4 Å². The Labute approximate surface area is 201 Å². The normalized spacial score (nSPS) is 37.8. The molecule has 4 aliphatic rings. The number of carbonyl (C=O) groups excluding carboxylic acids is 1. The lowest BCUT2D eigenvalue weighted by atomic mass is 9.78. The molecule has 4 heterocycles. The average molecular weight is 474 g/mol. The van der Waals surface area contributed by atoms with Crippen LogP contribution in [-0.2, 0) is 38.6 Å². The number of benzene rings is 1. The van der Waals surface area contributed by atoms with Gasteiger partial charge in [0.2, 0.25) is 5.91 Å². The Kier molecular flexibility index (Phi) is 5.71. The lowest BCUT2D eigenvalue weighted by Gasteiger charge is -2.30. The minimum absolute atomic E-state index is 0.0602. The summed E-state index contributed by atoms with van der Waals surface area (Å²) in [6, 6.07) is 7.90. The van der Waals surface area contributed by atoms with E-state index in [1.807, 2.05) is 65.9 Å². The molecule has 0 saturated carbocycles. The first kappa shape index (κ1) is 23.9. The molecule has 8 heteroatoms. The number of hydrogen-bond donors (Lipinski definition) is 0. The van der Waals surface area contributed by atoms with Crippen molar-refractivity contribution in [2.75, 3.05) is 25.2 Å². The molecule has 34 heavy (non-hydrogen) atoms. The molecule has 0 radical (unpaired) electrons. The third kappa shape index (κ3) is 4.00. The highest BCUT2D eigenvalue weighted by atomic mass is 16.8. The molecule has 0 aromatic heterocycles. The zero-order chi connectivity index (χ0) is 24.5. The number of nitrogens with zero attached hydrogens (tertiary/aromatic N) is 1. The van der Waals surface area contributed by atoms with E-state index in [-0.39, 0.29) is 18.6 Å². The van der Waals surface area contributed by atoms with E-state index in [1.54, 1.807) is 4.90 Å². The van der Waals surface area contributed by atoms with Gasteiger partial charge in [0.15, 0.2) is 17.9 Å². The Balaban J connectivity index is 1.29. The van der Waals surface area contributed by atoms with Crippen molar-refractivity contribution in [2.24, 2.45) is 0 Å². The molecule has 1 aromatic rings. The second-order valence-electron chi connectivity index (χ2n) is 10.9. The second kappa shape index (κ2) is 8.11. The fourth-order valence-electron chi connectivity index (χ4n) is 5.63. The molecule has 6 atom stereocenters. The van der Waals surface area contributed by atoms with Gasteiger partial charge in [-0.15, -0.1) is 0 Å². The Morgan fingerprint density at radius 1 is 1.09 bits per heavy atom. The van der Waals surface area contributed by atoms with Gasteiger partial charge in [-0.2, -0.15) is 0 Å². The summed E-state index contributed by atoms with van der Waals surface area (Å²) in [5, 5.41) is 0. The standard InChI is InChI=1S/C26H35NO7/c1-15(12-26(6)16-10-8-9-11-17(16)27(7)23(26)28)13-29-20-19(18-14-30-24(2,3)32-18)31-22-21(20)33-25(4,5)34-22/h8-11,18-22H,1,12-14H2,2-7H3/t18?,19-,20+,21-,22-,26?/m0/s1. The number of rotatable bonds is 6. The molecule has 186 valence electrons. The van der Waals surface area contributed by atoms with Crippen LogP contribution >= 0.6 is 0 Å². The van der Waals surface area contributed by atoms with Crippen LogP contribution in [0.3, 0.4) is 0 Å². The summed E-state index contributed by atoms with van der Waals surface area (Å²) in [5.74, 6) is -1.38. The summed E-state index contributed by atoms with van der Waals surface area (Å²) < 4.78 is 36.5. The quantitative estimate of drug-likeness (QED) is 0.587. The van der Waals surface area contributed by atoms with Gasteiger partial charge in [-0.3, -0.25) is 4.79 Å². The molecule has 0 aliphatic carbocycles. The van der Waals surface area contributed by atoms with Crippen LogP contribution in [-0.4, -0.2) is 68.4 Å². The summed E-state index contributed by atoms with van der Waals surface area (Å²) >= 11 is 0. The van der Waals surface area contributed by atoms with E-state index in [0.717, 1.165) is 16.8 Å². The molecule has 1 amide bonds. The minimum atomic E-state index is -0.761. The summed E-state index contributed by atoms with van der Waals surface area (Å²) in [4.78, 5) is 14.9. The number of para-hydroxylation sites is 1. The van der Waals surface area contributed by atoms with Gasteiger partial charge in [-0.25, -0.2) is 0 Å². The monoisotopic (exact) mass is 473 g/mol. The van der Waals surface area contributed by atoms with E-state index >= 15 is 0 Å². The van der Waals surface area contributed by atoms with Gasteiger partial charge in [0.1, 0.15) is 24.4 Å². The molecule has 1 aromatic carbocycles. The third-order valence-electron chi connectivity index (χ3n) is 7.14. The van der Waals surface area contributed by atoms with E-state index < -0.39 is 41.6 Å². The van der Waals surface area contributed by atoms with Crippen LogP contribution in [0.4, 0.5) is 5.69 Å². The Morgan fingerprint density at radius 2 is 1.82 bits per heavy atom. The number of carbonyl (C=O) groups is 1. The summed E-state index contributed by atoms with van der Waals surface area (Å²) in [7, 11) is 1.82. The summed E-state index contributed by atoms with van der Waals surface area (Å²) in [6.45, 7) is 14.4. The van der Waals surface area contributed by atoms with Crippen LogP contribution in [0, 0.1) is 0 Å². The number of likely N-dealkylation sites (N-methyl/N-ethyl adjacent to an activating group) is 1. The first-order valence-corrected chi connectivity index (χ1v) is 11.9. The fraction of sp³-hybridized carbons (Fsp3) is 0.654. The Bertz CT molecular complexity index is 991. The van der Waals surface area contributed by atoms with E-state index in [0.29, 0.717) is 13.0 Å². The largest absolute Gasteiger partial charge is 0.368 e. The first-order chi connectivity index (χ1) is 15.9. The summed E-state index contributed by atoms with van der Waals surface area (Å²) in [6.07, 6.45) is -1.58. The molecule has 4 aliphatic heterocycles. The van der Waals surface area contributed by atoms with Crippen molar-refractivity contribution in [3.8, 4) is 0 Å².